The molecule has 1 aromatic rings. The Labute approximate surface area is 98.2 Å². The van der Waals surface area contributed by atoms with E-state index in [1.165, 1.54) is 5.56 Å². The summed E-state index contributed by atoms with van der Waals surface area (Å²) in [7, 11) is 5.86. The van der Waals surface area contributed by atoms with Gasteiger partial charge in [0, 0.05) is 6.54 Å². The number of benzene rings is 1. The molecule has 3 nitrogen and oxygen atoms in total. The SMILES string of the molecule is COc1ccccc1CC(CN)CN(C)C. The van der Waals surface area contributed by atoms with Crippen LogP contribution in [-0.4, -0.2) is 39.2 Å². The van der Waals surface area contributed by atoms with Gasteiger partial charge in [0.25, 0.3) is 0 Å². The van der Waals surface area contributed by atoms with Gasteiger partial charge in [-0.05, 0) is 44.6 Å². The molecule has 0 heterocycles. The highest BCUT2D eigenvalue weighted by atomic mass is 16.5. The Balaban J connectivity index is 2.69. The Morgan fingerprint density at radius 1 is 1.31 bits per heavy atom. The number of nitrogens with two attached hydrogens (primary N) is 1. The van der Waals surface area contributed by atoms with Gasteiger partial charge < -0.3 is 15.4 Å². The summed E-state index contributed by atoms with van der Waals surface area (Å²) in [6, 6.07) is 8.14. The van der Waals surface area contributed by atoms with Crippen LogP contribution in [0.5, 0.6) is 5.75 Å². The van der Waals surface area contributed by atoms with Crippen molar-refractivity contribution in [1.82, 2.24) is 4.90 Å². The van der Waals surface area contributed by atoms with Crippen molar-refractivity contribution in [2.45, 2.75) is 6.42 Å². The average Bonchev–Trinajstić information content (AvgIpc) is 2.28. The van der Waals surface area contributed by atoms with E-state index < -0.39 is 0 Å². The van der Waals surface area contributed by atoms with Crippen molar-refractivity contribution < 1.29 is 4.74 Å². The molecule has 0 aliphatic rings. The highest BCUT2D eigenvalue weighted by molar-refractivity contribution is 5.33. The lowest BCUT2D eigenvalue weighted by Gasteiger charge is -2.20. The van der Waals surface area contributed by atoms with Crippen LogP contribution in [0.4, 0.5) is 0 Å². The largest absolute Gasteiger partial charge is 0.496 e. The first-order chi connectivity index (χ1) is 7.67. The van der Waals surface area contributed by atoms with Crippen LogP contribution in [0.2, 0.25) is 0 Å². The maximum absolute atomic E-state index is 5.79. The third-order valence-corrected chi connectivity index (χ3v) is 2.66. The monoisotopic (exact) mass is 222 g/mol. The minimum atomic E-state index is 0.478. The predicted octanol–water partition coefficient (Wildman–Crippen LogP) is 1.37. The van der Waals surface area contributed by atoms with Gasteiger partial charge >= 0.3 is 0 Å². The van der Waals surface area contributed by atoms with E-state index in [2.05, 4.69) is 25.1 Å². The van der Waals surface area contributed by atoms with E-state index in [1.807, 2.05) is 18.2 Å². The Morgan fingerprint density at radius 3 is 2.56 bits per heavy atom. The topological polar surface area (TPSA) is 38.5 Å². The van der Waals surface area contributed by atoms with Gasteiger partial charge in [0.2, 0.25) is 0 Å². The van der Waals surface area contributed by atoms with Crippen LogP contribution in [0.3, 0.4) is 0 Å². The van der Waals surface area contributed by atoms with Crippen molar-refractivity contribution in [1.29, 1.82) is 0 Å². The van der Waals surface area contributed by atoms with Crippen molar-refractivity contribution >= 4 is 0 Å². The highest BCUT2D eigenvalue weighted by Gasteiger charge is 2.11. The zero-order valence-electron chi connectivity index (χ0n) is 10.4. The summed E-state index contributed by atoms with van der Waals surface area (Å²) in [6.07, 6.45) is 0.971. The number of para-hydroxylation sites is 1. The number of methoxy groups -OCH3 is 1. The lowest BCUT2D eigenvalue weighted by atomic mass is 9.98. The maximum atomic E-state index is 5.79. The standard InChI is InChI=1S/C13H22N2O/c1-15(2)10-11(9-14)8-12-6-4-5-7-13(12)16-3/h4-7,11H,8-10,14H2,1-3H3. The molecular formula is C13H22N2O. The maximum Gasteiger partial charge on any atom is 0.122 e. The van der Waals surface area contributed by atoms with Crippen LogP contribution >= 0.6 is 0 Å². The molecule has 0 bridgehead atoms. The summed E-state index contributed by atoms with van der Waals surface area (Å²) in [4.78, 5) is 2.17. The fourth-order valence-electron chi connectivity index (χ4n) is 1.92. The average molecular weight is 222 g/mol. The molecule has 1 aromatic carbocycles. The molecular weight excluding hydrogens is 200 g/mol. The molecule has 16 heavy (non-hydrogen) atoms. The van der Waals surface area contributed by atoms with Crippen LogP contribution in [0.25, 0.3) is 0 Å². The van der Waals surface area contributed by atoms with Gasteiger partial charge in [0.1, 0.15) is 5.75 Å². The molecule has 3 heteroatoms. The van der Waals surface area contributed by atoms with Gasteiger partial charge in [-0.15, -0.1) is 0 Å². The third kappa shape index (κ3) is 3.83. The molecule has 0 saturated heterocycles. The van der Waals surface area contributed by atoms with Crippen LogP contribution in [0, 0.1) is 5.92 Å². The molecule has 90 valence electrons. The van der Waals surface area contributed by atoms with E-state index in [0.29, 0.717) is 12.5 Å². The molecule has 0 aliphatic carbocycles. The highest BCUT2D eigenvalue weighted by Crippen LogP contribution is 2.20. The Bertz CT molecular complexity index is 313. The summed E-state index contributed by atoms with van der Waals surface area (Å²) < 4.78 is 5.34. The Morgan fingerprint density at radius 2 is 2.00 bits per heavy atom. The van der Waals surface area contributed by atoms with E-state index in [0.717, 1.165) is 18.7 Å². The minimum Gasteiger partial charge on any atom is -0.496 e. The number of rotatable bonds is 6. The first-order valence-corrected chi connectivity index (χ1v) is 5.64. The molecule has 1 rings (SSSR count). The van der Waals surface area contributed by atoms with Gasteiger partial charge in [-0.25, -0.2) is 0 Å². The first-order valence-electron chi connectivity index (χ1n) is 5.64. The Hall–Kier alpha value is -1.06. The van der Waals surface area contributed by atoms with Crippen LogP contribution < -0.4 is 10.5 Å². The quantitative estimate of drug-likeness (QED) is 0.790. The molecule has 0 spiro atoms. The van der Waals surface area contributed by atoms with Crippen molar-refractivity contribution in [3.8, 4) is 5.75 Å². The molecule has 2 N–H and O–H groups in total. The molecule has 0 fully saturated rings. The fraction of sp³-hybridized carbons (Fsp3) is 0.538. The number of hydrogen-bond donors (Lipinski definition) is 1. The first kappa shape index (κ1) is 13.0. The Kier molecular flexibility index (Phi) is 5.29. The summed E-state index contributed by atoms with van der Waals surface area (Å²) >= 11 is 0. The van der Waals surface area contributed by atoms with Crippen molar-refractivity contribution in [2.24, 2.45) is 11.7 Å². The van der Waals surface area contributed by atoms with Crippen molar-refractivity contribution in [3.05, 3.63) is 29.8 Å². The van der Waals surface area contributed by atoms with E-state index in [1.54, 1.807) is 7.11 Å². The molecule has 0 aliphatic heterocycles. The molecule has 0 amide bonds. The van der Waals surface area contributed by atoms with Crippen LogP contribution in [-0.2, 0) is 6.42 Å². The van der Waals surface area contributed by atoms with Crippen molar-refractivity contribution in [3.63, 3.8) is 0 Å². The summed E-state index contributed by atoms with van der Waals surface area (Å²) in [5.74, 6) is 1.44. The smallest absolute Gasteiger partial charge is 0.122 e. The van der Waals surface area contributed by atoms with Gasteiger partial charge in [0.05, 0.1) is 7.11 Å². The van der Waals surface area contributed by atoms with Crippen LogP contribution in [0.15, 0.2) is 24.3 Å². The molecule has 1 atom stereocenters. The van der Waals surface area contributed by atoms with E-state index in [9.17, 15) is 0 Å². The summed E-state index contributed by atoms with van der Waals surface area (Å²) in [6.45, 7) is 1.71. The van der Waals surface area contributed by atoms with Crippen LogP contribution in [0.1, 0.15) is 5.56 Å². The van der Waals surface area contributed by atoms with E-state index >= 15 is 0 Å². The zero-order valence-corrected chi connectivity index (χ0v) is 10.4. The summed E-state index contributed by atoms with van der Waals surface area (Å²) in [5.41, 5.74) is 7.03. The van der Waals surface area contributed by atoms with Gasteiger partial charge in [-0.3, -0.25) is 0 Å². The normalized spacial score (nSPS) is 12.8. The predicted molar refractivity (Wildman–Crippen MR) is 67.8 cm³/mol. The zero-order chi connectivity index (χ0) is 12.0. The fourth-order valence-corrected chi connectivity index (χ4v) is 1.92. The van der Waals surface area contributed by atoms with E-state index in [4.69, 9.17) is 10.5 Å². The van der Waals surface area contributed by atoms with Gasteiger partial charge in [0.15, 0.2) is 0 Å². The number of ether oxygens (including phenoxy) is 1. The van der Waals surface area contributed by atoms with E-state index in [-0.39, 0.29) is 0 Å². The summed E-state index contributed by atoms with van der Waals surface area (Å²) in [5, 5.41) is 0. The molecule has 1 unspecified atom stereocenters. The lowest BCUT2D eigenvalue weighted by Crippen LogP contribution is -2.29. The third-order valence-electron chi connectivity index (χ3n) is 2.66. The number of hydrogen-bond acceptors (Lipinski definition) is 3. The van der Waals surface area contributed by atoms with Crippen molar-refractivity contribution in [2.75, 3.05) is 34.3 Å². The lowest BCUT2D eigenvalue weighted by molar-refractivity contribution is 0.323. The van der Waals surface area contributed by atoms with Gasteiger partial charge in [-0.2, -0.15) is 0 Å². The minimum absolute atomic E-state index is 0.478. The molecule has 0 radical (unpaired) electrons. The second-order valence-corrected chi connectivity index (χ2v) is 4.38. The van der Waals surface area contributed by atoms with Gasteiger partial charge in [-0.1, -0.05) is 18.2 Å². The molecule has 0 saturated carbocycles. The number of nitrogens with zero attached hydrogens (tertiary/aromatic N) is 1. The second-order valence-electron chi connectivity index (χ2n) is 4.38. The second kappa shape index (κ2) is 6.51. The molecule has 0 aromatic heterocycles.